The third-order valence-corrected chi connectivity index (χ3v) is 10.3. The Hall–Kier alpha value is -1.96. The van der Waals surface area contributed by atoms with Crippen LogP contribution in [-0.4, -0.2) is 59.6 Å². The third kappa shape index (κ3) is 4.63. The number of H-pyrrole nitrogens is 1. The molecule has 1 unspecified atom stereocenters. The fourth-order valence-corrected chi connectivity index (χ4v) is 7.93. The number of aryl methyl sites for hydroxylation is 2. The predicted molar refractivity (Wildman–Crippen MR) is 141 cm³/mol. The van der Waals surface area contributed by atoms with Gasteiger partial charge in [0.15, 0.2) is 0 Å². The van der Waals surface area contributed by atoms with Crippen molar-refractivity contribution in [2.75, 3.05) is 26.7 Å². The van der Waals surface area contributed by atoms with Crippen LogP contribution in [0.4, 0.5) is 0 Å². The van der Waals surface area contributed by atoms with Crippen LogP contribution in [-0.2, 0) is 17.7 Å². The Balaban J connectivity index is 1.27. The average molecular weight is 498 g/mol. The standard InChI is InChI=1S/C28H39N3O3S/c1-16-12-17(2)29-27(32)23(16)15-30-11-10-24-25(28(30)33)19(4)26(35-24)18(3)20-6-8-21(9-7-20)31-13-22(14-31)34-5/h12,18,20-22H,6-11,13-15H2,1-5H3,(H,29,32). The van der Waals surface area contributed by atoms with Crippen molar-refractivity contribution in [2.45, 2.75) is 84.4 Å². The zero-order chi connectivity index (χ0) is 24.9. The third-order valence-electron chi connectivity index (χ3n) is 8.80. The van der Waals surface area contributed by atoms with E-state index in [-0.39, 0.29) is 11.5 Å². The highest BCUT2D eigenvalue weighted by Gasteiger charge is 2.37. The second-order valence-corrected chi connectivity index (χ2v) is 12.1. The second-order valence-electron chi connectivity index (χ2n) is 11.0. The maximum Gasteiger partial charge on any atom is 0.255 e. The number of carbonyl (C=O) groups excluding carboxylic acids is 1. The number of pyridine rings is 1. The summed E-state index contributed by atoms with van der Waals surface area (Å²) < 4.78 is 5.45. The van der Waals surface area contributed by atoms with Crippen molar-refractivity contribution in [1.29, 1.82) is 0 Å². The second kappa shape index (κ2) is 9.83. The summed E-state index contributed by atoms with van der Waals surface area (Å²) in [7, 11) is 1.82. The van der Waals surface area contributed by atoms with E-state index < -0.39 is 0 Å². The smallest absolute Gasteiger partial charge is 0.255 e. The van der Waals surface area contributed by atoms with Crippen molar-refractivity contribution in [3.05, 3.63) is 54.1 Å². The van der Waals surface area contributed by atoms with Crippen LogP contribution in [0.5, 0.6) is 0 Å². The van der Waals surface area contributed by atoms with Gasteiger partial charge in [-0.25, -0.2) is 0 Å². The molecule has 5 rings (SSSR count). The number of thiophene rings is 1. The number of carbonyl (C=O) groups is 1. The highest BCUT2D eigenvalue weighted by molar-refractivity contribution is 7.12. The number of aromatic amines is 1. The molecule has 0 spiro atoms. The summed E-state index contributed by atoms with van der Waals surface area (Å²) in [6.45, 7) is 11.6. The Morgan fingerprint density at radius 1 is 1.14 bits per heavy atom. The van der Waals surface area contributed by atoms with E-state index in [9.17, 15) is 9.59 Å². The van der Waals surface area contributed by atoms with E-state index in [1.165, 1.54) is 41.0 Å². The van der Waals surface area contributed by atoms with Crippen molar-refractivity contribution in [1.82, 2.24) is 14.8 Å². The molecule has 1 atom stereocenters. The first-order valence-electron chi connectivity index (χ1n) is 13.1. The minimum absolute atomic E-state index is 0.0796. The Kier molecular flexibility index (Phi) is 6.94. The van der Waals surface area contributed by atoms with Gasteiger partial charge >= 0.3 is 0 Å². The van der Waals surface area contributed by atoms with Crippen LogP contribution >= 0.6 is 11.3 Å². The molecule has 4 heterocycles. The Morgan fingerprint density at radius 3 is 2.51 bits per heavy atom. The average Bonchev–Trinajstić information content (AvgIpc) is 3.14. The summed E-state index contributed by atoms with van der Waals surface area (Å²) in [6, 6.07) is 2.70. The first-order valence-corrected chi connectivity index (χ1v) is 14.0. The van der Waals surface area contributed by atoms with E-state index in [1.807, 2.05) is 43.3 Å². The summed E-state index contributed by atoms with van der Waals surface area (Å²) in [4.78, 5) is 36.1. The number of rotatable bonds is 6. The Labute approximate surface area is 212 Å². The van der Waals surface area contributed by atoms with Gasteiger partial charge in [0.25, 0.3) is 11.5 Å². The number of methoxy groups -OCH3 is 1. The number of hydrogen-bond donors (Lipinski definition) is 1. The van der Waals surface area contributed by atoms with Crippen molar-refractivity contribution in [2.24, 2.45) is 5.92 Å². The van der Waals surface area contributed by atoms with E-state index in [0.717, 1.165) is 36.3 Å². The summed E-state index contributed by atoms with van der Waals surface area (Å²) in [5.74, 6) is 1.26. The van der Waals surface area contributed by atoms with Gasteiger partial charge in [0.2, 0.25) is 0 Å². The summed E-state index contributed by atoms with van der Waals surface area (Å²) in [6.07, 6.45) is 6.37. The number of aromatic nitrogens is 1. The molecule has 3 aliphatic rings. The largest absolute Gasteiger partial charge is 0.379 e. The lowest BCUT2D eigenvalue weighted by Crippen LogP contribution is -2.56. The van der Waals surface area contributed by atoms with Gasteiger partial charge in [0.05, 0.1) is 18.2 Å². The number of likely N-dealkylation sites (tertiary alicyclic amines) is 1. The normalized spacial score (nSPS) is 24.4. The quantitative estimate of drug-likeness (QED) is 0.636. The minimum Gasteiger partial charge on any atom is -0.379 e. The molecule has 6 nitrogen and oxygen atoms in total. The highest BCUT2D eigenvalue weighted by atomic mass is 32.1. The molecule has 2 aromatic heterocycles. The molecule has 0 bridgehead atoms. The summed E-state index contributed by atoms with van der Waals surface area (Å²) in [5, 5.41) is 0. The number of ether oxygens (including phenoxy) is 1. The molecule has 1 amide bonds. The first-order chi connectivity index (χ1) is 16.8. The molecule has 2 fully saturated rings. The van der Waals surface area contributed by atoms with Gasteiger partial charge in [-0.2, -0.15) is 0 Å². The molecule has 2 aromatic rings. The van der Waals surface area contributed by atoms with Gasteiger partial charge in [-0.3, -0.25) is 14.5 Å². The maximum atomic E-state index is 13.6. The van der Waals surface area contributed by atoms with Gasteiger partial charge in [-0.05, 0) is 75.5 Å². The number of fused-ring (bicyclic) bond motifs is 1. The number of nitrogens with zero attached hydrogens (tertiary/aromatic N) is 2. The van der Waals surface area contributed by atoms with Gasteiger partial charge in [-0.1, -0.05) is 6.92 Å². The minimum atomic E-state index is -0.0796. The van der Waals surface area contributed by atoms with Crippen molar-refractivity contribution >= 4 is 17.2 Å². The predicted octanol–water partition coefficient (Wildman–Crippen LogP) is 4.55. The van der Waals surface area contributed by atoms with Crippen molar-refractivity contribution < 1.29 is 9.53 Å². The lowest BCUT2D eigenvalue weighted by Gasteiger charge is -2.46. The van der Waals surface area contributed by atoms with Crippen LogP contribution in [0.1, 0.15) is 81.0 Å². The number of nitrogens with one attached hydrogen (secondary N) is 1. The molecule has 1 saturated carbocycles. The van der Waals surface area contributed by atoms with Crippen LogP contribution in [0.15, 0.2) is 10.9 Å². The van der Waals surface area contributed by atoms with E-state index in [4.69, 9.17) is 4.74 Å². The monoisotopic (exact) mass is 497 g/mol. The maximum absolute atomic E-state index is 13.6. The fourth-order valence-electron chi connectivity index (χ4n) is 6.50. The zero-order valence-corrected chi connectivity index (χ0v) is 22.6. The SMILES string of the molecule is COC1CN(C2CCC(C(C)c3sc4c(c3C)C(=O)N(Cc3c(C)cc(C)[nH]c3=O)CC4)CC2)C1. The van der Waals surface area contributed by atoms with Crippen molar-refractivity contribution in [3.8, 4) is 0 Å². The van der Waals surface area contributed by atoms with Crippen LogP contribution < -0.4 is 5.56 Å². The number of amides is 1. The molecule has 0 aromatic carbocycles. The van der Waals surface area contributed by atoms with Crippen LogP contribution in [0.2, 0.25) is 0 Å². The topological polar surface area (TPSA) is 65.6 Å². The van der Waals surface area contributed by atoms with E-state index in [0.29, 0.717) is 42.6 Å². The van der Waals surface area contributed by atoms with Crippen molar-refractivity contribution in [3.63, 3.8) is 0 Å². The molecule has 190 valence electrons. The molecule has 35 heavy (non-hydrogen) atoms. The van der Waals surface area contributed by atoms with E-state index in [2.05, 4.69) is 23.7 Å². The van der Waals surface area contributed by atoms with Gasteiger partial charge in [-0.15, -0.1) is 11.3 Å². The fraction of sp³-hybridized carbons (Fsp3) is 0.643. The van der Waals surface area contributed by atoms with Gasteiger partial charge in [0.1, 0.15) is 0 Å². The Morgan fingerprint density at radius 2 is 1.86 bits per heavy atom. The highest BCUT2D eigenvalue weighted by Crippen LogP contribution is 2.44. The first kappa shape index (κ1) is 24.7. The van der Waals surface area contributed by atoms with Gasteiger partial charge in [0, 0.05) is 60.2 Å². The van der Waals surface area contributed by atoms with E-state index >= 15 is 0 Å². The summed E-state index contributed by atoms with van der Waals surface area (Å²) >= 11 is 1.87. The van der Waals surface area contributed by atoms with E-state index in [1.54, 1.807) is 0 Å². The molecule has 1 N–H and O–H groups in total. The van der Waals surface area contributed by atoms with Gasteiger partial charge < -0.3 is 14.6 Å². The lowest BCUT2D eigenvalue weighted by molar-refractivity contribution is -0.0600. The lowest BCUT2D eigenvalue weighted by atomic mass is 9.76. The molecule has 7 heteroatoms. The zero-order valence-electron chi connectivity index (χ0n) is 21.8. The molecule has 1 aliphatic carbocycles. The van der Waals surface area contributed by atoms with Crippen LogP contribution in [0, 0.1) is 26.7 Å². The van der Waals surface area contributed by atoms with Crippen LogP contribution in [0.3, 0.4) is 0 Å². The van der Waals surface area contributed by atoms with Crippen LogP contribution in [0.25, 0.3) is 0 Å². The molecule has 1 saturated heterocycles. The number of hydrogen-bond acceptors (Lipinski definition) is 5. The summed E-state index contributed by atoms with van der Waals surface area (Å²) in [5.41, 5.74) is 4.51. The Bertz CT molecular complexity index is 1150. The molecular formula is C28H39N3O3S. The molecular weight excluding hydrogens is 458 g/mol. The molecule has 2 aliphatic heterocycles. The molecule has 0 radical (unpaired) electrons.